The van der Waals surface area contributed by atoms with Crippen molar-refractivity contribution in [1.29, 1.82) is 0 Å². The molecular formula is C29H34FN3O6. The number of halogens is 1. The minimum atomic E-state index is -1.24. The van der Waals surface area contributed by atoms with Gasteiger partial charge in [-0.25, -0.2) is 9.07 Å². The number of hydrogen-bond acceptors (Lipinski definition) is 6. The van der Waals surface area contributed by atoms with Crippen LogP contribution >= 0.6 is 0 Å². The van der Waals surface area contributed by atoms with E-state index in [-0.39, 0.29) is 42.5 Å². The number of aliphatic carboxylic acids is 1. The number of ether oxygens (including phenoxy) is 1. The Kier molecular flexibility index (Phi) is 8.98. The number of carbonyl (C=O) groups is 2. The predicted octanol–water partition coefficient (Wildman–Crippen LogP) is 4.08. The molecule has 208 valence electrons. The molecular weight excluding hydrogens is 505 g/mol. The first-order valence-corrected chi connectivity index (χ1v) is 13.1. The molecule has 3 atom stereocenters. The van der Waals surface area contributed by atoms with Crippen molar-refractivity contribution < 1.29 is 34.0 Å². The van der Waals surface area contributed by atoms with E-state index >= 15 is 0 Å². The van der Waals surface area contributed by atoms with Crippen LogP contribution in [-0.4, -0.2) is 67.2 Å². The summed E-state index contributed by atoms with van der Waals surface area (Å²) in [6, 6.07) is 15.3. The van der Waals surface area contributed by atoms with E-state index in [0.29, 0.717) is 17.8 Å². The minimum absolute atomic E-state index is 0.0865. The zero-order valence-electron chi connectivity index (χ0n) is 22.0. The van der Waals surface area contributed by atoms with Gasteiger partial charge in [-0.2, -0.15) is 5.10 Å². The van der Waals surface area contributed by atoms with Crippen LogP contribution in [0.15, 0.2) is 54.6 Å². The van der Waals surface area contributed by atoms with Gasteiger partial charge in [0.1, 0.15) is 12.4 Å². The van der Waals surface area contributed by atoms with E-state index in [9.17, 15) is 24.2 Å². The first kappa shape index (κ1) is 28.3. The smallest absolute Gasteiger partial charge is 0.305 e. The van der Waals surface area contributed by atoms with Gasteiger partial charge in [-0.15, -0.1) is 0 Å². The third-order valence-corrected chi connectivity index (χ3v) is 6.79. The van der Waals surface area contributed by atoms with Gasteiger partial charge in [-0.3, -0.25) is 9.59 Å². The Balaban J connectivity index is 1.69. The quantitative estimate of drug-likeness (QED) is 0.335. The molecule has 1 fully saturated rings. The van der Waals surface area contributed by atoms with E-state index in [1.54, 1.807) is 0 Å². The summed E-state index contributed by atoms with van der Waals surface area (Å²) < 4.78 is 21.1. The maximum absolute atomic E-state index is 14.0. The lowest BCUT2D eigenvalue weighted by atomic mass is 10.0. The molecule has 0 radical (unpaired) electrons. The van der Waals surface area contributed by atoms with Crippen molar-refractivity contribution in [2.45, 2.75) is 63.7 Å². The maximum atomic E-state index is 14.0. The van der Waals surface area contributed by atoms with Gasteiger partial charge in [-0.1, -0.05) is 44.2 Å². The maximum Gasteiger partial charge on any atom is 0.305 e. The topological polar surface area (TPSA) is 125 Å². The number of carboxylic acids is 1. The average Bonchev–Trinajstić information content (AvgIpc) is 3.53. The first-order chi connectivity index (χ1) is 18.7. The number of likely N-dealkylation sites (tertiary alicyclic amines) is 1. The van der Waals surface area contributed by atoms with E-state index in [1.807, 2.05) is 49.1 Å². The summed E-state index contributed by atoms with van der Waals surface area (Å²) in [4.78, 5) is 26.7. The minimum Gasteiger partial charge on any atom is -0.481 e. The third kappa shape index (κ3) is 6.63. The summed E-state index contributed by atoms with van der Waals surface area (Å²) >= 11 is 0. The number of hydrogen-bond donors (Lipinski definition) is 3. The van der Waals surface area contributed by atoms with Gasteiger partial charge < -0.3 is 25.0 Å². The molecule has 2 aromatic carbocycles. The van der Waals surface area contributed by atoms with Crippen LogP contribution in [0.5, 0.6) is 5.88 Å². The summed E-state index contributed by atoms with van der Waals surface area (Å²) in [5, 5.41) is 33.9. The molecule has 10 heteroatoms. The normalized spacial score (nSPS) is 16.9. The number of aromatic nitrogens is 2. The van der Waals surface area contributed by atoms with Crippen LogP contribution in [0.25, 0.3) is 5.69 Å². The average molecular weight is 540 g/mol. The molecule has 4 rings (SSSR count). The second-order valence-corrected chi connectivity index (χ2v) is 10.1. The molecule has 2 heterocycles. The van der Waals surface area contributed by atoms with Crippen LogP contribution < -0.4 is 4.74 Å². The summed E-state index contributed by atoms with van der Waals surface area (Å²) in [6.07, 6.45) is -1.42. The van der Waals surface area contributed by atoms with E-state index in [4.69, 9.17) is 9.84 Å². The van der Waals surface area contributed by atoms with Crippen LogP contribution in [0.2, 0.25) is 0 Å². The zero-order valence-corrected chi connectivity index (χ0v) is 22.0. The number of carbonyl (C=O) groups excluding carboxylic acids is 1. The Hall–Kier alpha value is -3.76. The number of rotatable bonds is 11. The molecule has 1 aliphatic rings. The SMILES string of the molecule is CC(C)c1c(C(=O)N2CCCC2c2ccccc2)nn(-c2ccc(F)cc2)c1OC[C@@H](O)C[C@@H](O)CC(=O)O. The Bertz CT molecular complexity index is 1280. The molecule has 0 bridgehead atoms. The van der Waals surface area contributed by atoms with Crippen molar-refractivity contribution in [3.8, 4) is 11.6 Å². The Morgan fingerprint density at radius 1 is 1.08 bits per heavy atom. The van der Waals surface area contributed by atoms with Crippen LogP contribution in [-0.2, 0) is 4.79 Å². The molecule has 0 saturated carbocycles. The second kappa shape index (κ2) is 12.4. The fourth-order valence-corrected chi connectivity index (χ4v) is 5.00. The lowest BCUT2D eigenvalue weighted by molar-refractivity contribution is -0.139. The highest BCUT2D eigenvalue weighted by Gasteiger charge is 2.36. The number of aliphatic hydroxyl groups is 2. The van der Waals surface area contributed by atoms with Gasteiger partial charge in [0.15, 0.2) is 5.69 Å². The van der Waals surface area contributed by atoms with Gasteiger partial charge in [0.2, 0.25) is 5.88 Å². The Morgan fingerprint density at radius 3 is 2.41 bits per heavy atom. The number of aliphatic hydroxyl groups excluding tert-OH is 2. The largest absolute Gasteiger partial charge is 0.481 e. The fourth-order valence-electron chi connectivity index (χ4n) is 5.00. The van der Waals surface area contributed by atoms with E-state index in [0.717, 1.165) is 18.4 Å². The van der Waals surface area contributed by atoms with Gasteiger partial charge in [-0.05, 0) is 48.6 Å². The van der Waals surface area contributed by atoms with Crippen molar-refractivity contribution in [1.82, 2.24) is 14.7 Å². The van der Waals surface area contributed by atoms with Crippen molar-refractivity contribution >= 4 is 11.9 Å². The predicted molar refractivity (Wildman–Crippen MR) is 141 cm³/mol. The van der Waals surface area contributed by atoms with Crippen molar-refractivity contribution in [2.24, 2.45) is 0 Å². The fraction of sp³-hybridized carbons (Fsp3) is 0.414. The van der Waals surface area contributed by atoms with Crippen LogP contribution in [0.4, 0.5) is 4.39 Å². The molecule has 1 amide bonds. The van der Waals surface area contributed by atoms with E-state index in [1.165, 1.54) is 28.9 Å². The molecule has 3 aromatic rings. The highest BCUT2D eigenvalue weighted by molar-refractivity contribution is 5.95. The standard InChI is InChI=1S/C29H34FN3O6/c1-18(2)26-27(28(38)32-14-6-9-24(32)19-7-4-3-5-8-19)31-33(21-12-10-20(30)11-13-21)29(26)39-17-23(35)15-22(34)16-25(36)37/h3-5,7-8,10-13,18,22-24,34-35H,6,9,14-17H2,1-2H3,(H,36,37)/t22-,23+,24?/m1/s1. The number of benzene rings is 2. The molecule has 0 spiro atoms. The molecule has 39 heavy (non-hydrogen) atoms. The molecule has 1 aromatic heterocycles. The summed E-state index contributed by atoms with van der Waals surface area (Å²) in [7, 11) is 0. The van der Waals surface area contributed by atoms with Gasteiger partial charge >= 0.3 is 5.97 Å². The van der Waals surface area contributed by atoms with Crippen LogP contribution in [0.3, 0.4) is 0 Å². The number of carboxylic acid groups (broad SMARTS) is 1. The Labute approximate surface area is 226 Å². The highest BCUT2D eigenvalue weighted by Crippen LogP contribution is 2.37. The Morgan fingerprint density at radius 2 is 1.77 bits per heavy atom. The summed E-state index contributed by atoms with van der Waals surface area (Å²) in [6.45, 7) is 4.12. The monoisotopic (exact) mass is 539 g/mol. The molecule has 0 aliphatic carbocycles. The van der Waals surface area contributed by atoms with Crippen LogP contribution in [0.1, 0.15) is 73.1 Å². The highest BCUT2D eigenvalue weighted by atomic mass is 19.1. The number of amides is 1. The van der Waals surface area contributed by atoms with Crippen molar-refractivity contribution in [3.63, 3.8) is 0 Å². The first-order valence-electron chi connectivity index (χ1n) is 13.1. The van der Waals surface area contributed by atoms with E-state index < -0.39 is 30.4 Å². The molecule has 1 saturated heterocycles. The molecule has 3 N–H and O–H groups in total. The molecule has 1 aliphatic heterocycles. The second-order valence-electron chi connectivity index (χ2n) is 10.1. The van der Waals surface area contributed by atoms with Crippen LogP contribution in [0, 0.1) is 5.82 Å². The summed E-state index contributed by atoms with van der Waals surface area (Å²) in [5.74, 6) is -1.82. The molecule has 1 unspecified atom stereocenters. The lowest BCUT2D eigenvalue weighted by Gasteiger charge is -2.25. The number of nitrogens with zero attached hydrogens (tertiary/aromatic N) is 3. The zero-order chi connectivity index (χ0) is 28.1. The molecule has 9 nitrogen and oxygen atoms in total. The van der Waals surface area contributed by atoms with Crippen molar-refractivity contribution in [2.75, 3.05) is 13.2 Å². The van der Waals surface area contributed by atoms with Gasteiger partial charge in [0, 0.05) is 18.5 Å². The third-order valence-electron chi connectivity index (χ3n) is 6.79. The van der Waals surface area contributed by atoms with Gasteiger partial charge in [0.25, 0.3) is 5.91 Å². The van der Waals surface area contributed by atoms with Crippen molar-refractivity contribution in [3.05, 3.63) is 77.2 Å². The van der Waals surface area contributed by atoms with Gasteiger partial charge in [0.05, 0.1) is 30.4 Å². The summed E-state index contributed by atoms with van der Waals surface area (Å²) in [5.41, 5.74) is 2.27. The van der Waals surface area contributed by atoms with E-state index in [2.05, 4.69) is 5.10 Å². The lowest BCUT2D eigenvalue weighted by Crippen LogP contribution is -2.31.